The van der Waals surface area contributed by atoms with Gasteiger partial charge in [0.05, 0.1) is 7.11 Å². The van der Waals surface area contributed by atoms with E-state index in [1.807, 2.05) is 6.07 Å². The molecule has 0 aromatic heterocycles. The minimum atomic E-state index is -0.775. The Kier molecular flexibility index (Phi) is 2.11. The van der Waals surface area contributed by atoms with Crippen molar-refractivity contribution in [3.05, 3.63) is 23.8 Å². The van der Waals surface area contributed by atoms with Crippen molar-refractivity contribution in [2.75, 3.05) is 12.8 Å². The maximum absolute atomic E-state index is 5.74. The van der Waals surface area contributed by atoms with Gasteiger partial charge in [0.25, 0.3) is 0 Å². The molecule has 1 aliphatic heterocycles. The number of rotatable bonds is 2. The molecule has 2 rings (SSSR count). The largest absolute Gasteiger partial charge is 0.497 e. The fraction of sp³-hybridized carbons (Fsp3) is 0.333. The second kappa shape index (κ2) is 3.30. The highest BCUT2D eigenvalue weighted by Gasteiger charge is 2.30. The molecule has 0 saturated carbocycles. The van der Waals surface area contributed by atoms with Crippen molar-refractivity contribution in [1.82, 2.24) is 0 Å². The fourth-order valence-corrected chi connectivity index (χ4v) is 1.36. The molecule has 0 aliphatic carbocycles. The van der Waals surface area contributed by atoms with E-state index in [1.165, 1.54) is 0 Å². The number of anilines is 1. The van der Waals surface area contributed by atoms with Crippen LogP contribution in [0.4, 0.5) is 5.69 Å². The summed E-state index contributed by atoms with van der Waals surface area (Å²) >= 11 is 0. The van der Waals surface area contributed by atoms with Gasteiger partial charge in [-0.3, -0.25) is 0 Å². The van der Waals surface area contributed by atoms with Crippen LogP contribution in [-0.4, -0.2) is 7.11 Å². The van der Waals surface area contributed by atoms with Crippen LogP contribution >= 0.6 is 0 Å². The average molecular weight is 205 g/mol. The highest BCUT2D eigenvalue weighted by Crippen LogP contribution is 2.34. The molecular weight excluding hydrogens is 194 g/mol. The topological polar surface area (TPSA) is 84.7 Å². The van der Waals surface area contributed by atoms with E-state index >= 15 is 0 Å². The van der Waals surface area contributed by atoms with Gasteiger partial charge in [-0.1, -0.05) is 0 Å². The molecule has 1 aliphatic rings. The van der Waals surface area contributed by atoms with E-state index in [0.29, 0.717) is 11.4 Å². The Morgan fingerprint density at radius 2 is 1.87 bits per heavy atom. The summed E-state index contributed by atoms with van der Waals surface area (Å²) in [7, 11) is 1.58. The number of hydrogen-bond donors (Lipinski definition) is 1. The van der Waals surface area contributed by atoms with Gasteiger partial charge in [-0.15, -0.1) is 10.2 Å². The number of nitrogen functional groups attached to an aromatic ring is 1. The van der Waals surface area contributed by atoms with Crippen LogP contribution in [-0.2, 0) is 5.66 Å². The lowest BCUT2D eigenvalue weighted by Crippen LogP contribution is -2.13. The molecule has 0 spiro atoms. The van der Waals surface area contributed by atoms with Gasteiger partial charge in [0.15, 0.2) is 0 Å². The van der Waals surface area contributed by atoms with Crippen LogP contribution in [0.25, 0.3) is 0 Å². The SMILES string of the molecule is COc1cc(N)cc(C2(C)N=NN=N2)c1. The molecule has 0 radical (unpaired) electrons. The number of nitrogens with two attached hydrogens (primary N) is 1. The smallest absolute Gasteiger partial charge is 0.217 e. The van der Waals surface area contributed by atoms with E-state index in [9.17, 15) is 0 Å². The molecule has 0 amide bonds. The molecular formula is C9H11N5O. The number of methoxy groups -OCH3 is 1. The van der Waals surface area contributed by atoms with Gasteiger partial charge in [0.1, 0.15) is 5.75 Å². The molecule has 0 bridgehead atoms. The molecule has 15 heavy (non-hydrogen) atoms. The van der Waals surface area contributed by atoms with Crippen LogP contribution < -0.4 is 10.5 Å². The summed E-state index contributed by atoms with van der Waals surface area (Å²) in [5, 5.41) is 14.9. The first-order valence-electron chi connectivity index (χ1n) is 4.43. The molecule has 78 valence electrons. The Hall–Kier alpha value is -1.98. The molecule has 2 N–H and O–H groups in total. The lowest BCUT2D eigenvalue weighted by molar-refractivity contribution is 0.412. The summed E-state index contributed by atoms with van der Waals surface area (Å²) in [5.74, 6) is 0.670. The maximum atomic E-state index is 5.74. The highest BCUT2D eigenvalue weighted by molar-refractivity contribution is 5.49. The minimum absolute atomic E-state index is 0.600. The first-order valence-corrected chi connectivity index (χ1v) is 4.43. The molecule has 1 heterocycles. The first kappa shape index (κ1) is 9.57. The summed E-state index contributed by atoms with van der Waals surface area (Å²) in [4.78, 5) is 0. The van der Waals surface area contributed by atoms with Crippen molar-refractivity contribution in [2.24, 2.45) is 20.7 Å². The Morgan fingerprint density at radius 3 is 2.47 bits per heavy atom. The van der Waals surface area contributed by atoms with Crippen LogP contribution in [0, 0.1) is 0 Å². The minimum Gasteiger partial charge on any atom is -0.497 e. The average Bonchev–Trinajstić information content (AvgIpc) is 2.65. The van der Waals surface area contributed by atoms with Crippen molar-refractivity contribution in [3.8, 4) is 5.75 Å². The van der Waals surface area contributed by atoms with Crippen molar-refractivity contribution in [1.29, 1.82) is 0 Å². The fourth-order valence-electron chi connectivity index (χ4n) is 1.36. The van der Waals surface area contributed by atoms with Crippen molar-refractivity contribution in [2.45, 2.75) is 12.6 Å². The molecule has 1 aromatic rings. The molecule has 0 atom stereocenters. The number of benzene rings is 1. The van der Waals surface area contributed by atoms with Crippen molar-refractivity contribution < 1.29 is 4.74 Å². The van der Waals surface area contributed by atoms with Crippen LogP contribution in [0.15, 0.2) is 38.9 Å². The van der Waals surface area contributed by atoms with E-state index in [1.54, 1.807) is 26.2 Å². The van der Waals surface area contributed by atoms with Crippen molar-refractivity contribution in [3.63, 3.8) is 0 Å². The number of hydrogen-bond acceptors (Lipinski definition) is 6. The molecule has 6 heteroatoms. The van der Waals surface area contributed by atoms with Gasteiger partial charge in [-0.2, -0.15) is 0 Å². The van der Waals surface area contributed by atoms with Crippen LogP contribution in [0.3, 0.4) is 0 Å². The molecule has 6 nitrogen and oxygen atoms in total. The normalized spacial score (nSPS) is 16.9. The zero-order valence-electron chi connectivity index (χ0n) is 8.51. The van der Waals surface area contributed by atoms with E-state index in [-0.39, 0.29) is 0 Å². The van der Waals surface area contributed by atoms with Crippen LogP contribution in [0.1, 0.15) is 12.5 Å². The number of nitrogens with zero attached hydrogens (tertiary/aromatic N) is 4. The lowest BCUT2D eigenvalue weighted by Gasteiger charge is -2.15. The summed E-state index contributed by atoms with van der Waals surface area (Å²) in [5.41, 5.74) is 6.37. The molecule has 0 fully saturated rings. The molecule has 0 saturated heterocycles. The first-order chi connectivity index (χ1) is 7.14. The number of ether oxygens (including phenoxy) is 1. The zero-order valence-corrected chi connectivity index (χ0v) is 8.51. The van der Waals surface area contributed by atoms with Crippen LogP contribution in [0.2, 0.25) is 0 Å². The van der Waals surface area contributed by atoms with Gasteiger partial charge in [-0.25, -0.2) is 0 Å². The monoisotopic (exact) mass is 205 g/mol. The second-order valence-corrected chi connectivity index (χ2v) is 3.39. The molecule has 0 unspecified atom stereocenters. The Morgan fingerprint density at radius 1 is 1.20 bits per heavy atom. The summed E-state index contributed by atoms with van der Waals surface area (Å²) in [6.45, 7) is 1.81. The maximum Gasteiger partial charge on any atom is 0.217 e. The summed E-state index contributed by atoms with van der Waals surface area (Å²) in [6.07, 6.45) is 0. The zero-order chi connectivity index (χ0) is 10.9. The van der Waals surface area contributed by atoms with E-state index < -0.39 is 5.66 Å². The summed E-state index contributed by atoms with van der Waals surface area (Å²) < 4.78 is 5.12. The van der Waals surface area contributed by atoms with Gasteiger partial charge >= 0.3 is 0 Å². The van der Waals surface area contributed by atoms with E-state index in [0.717, 1.165) is 5.56 Å². The van der Waals surface area contributed by atoms with Gasteiger partial charge in [0.2, 0.25) is 5.66 Å². The van der Waals surface area contributed by atoms with Crippen LogP contribution in [0.5, 0.6) is 5.75 Å². The Bertz CT molecular complexity index is 428. The predicted octanol–water partition coefficient (Wildman–Crippen LogP) is 2.28. The van der Waals surface area contributed by atoms with Gasteiger partial charge < -0.3 is 10.5 Å². The molecule has 1 aromatic carbocycles. The van der Waals surface area contributed by atoms with E-state index in [2.05, 4.69) is 20.7 Å². The van der Waals surface area contributed by atoms with E-state index in [4.69, 9.17) is 10.5 Å². The predicted molar refractivity (Wildman–Crippen MR) is 54.5 cm³/mol. The third-order valence-electron chi connectivity index (χ3n) is 2.23. The highest BCUT2D eigenvalue weighted by atomic mass is 16.5. The lowest BCUT2D eigenvalue weighted by atomic mass is 10.0. The van der Waals surface area contributed by atoms with Gasteiger partial charge in [0, 0.05) is 17.3 Å². The Balaban J connectivity index is 2.48. The van der Waals surface area contributed by atoms with Crippen molar-refractivity contribution >= 4 is 5.69 Å². The third kappa shape index (κ3) is 1.65. The Labute approximate surface area is 86.8 Å². The second-order valence-electron chi connectivity index (χ2n) is 3.39. The quantitative estimate of drug-likeness (QED) is 0.751. The standard InChI is InChI=1S/C9H11N5O/c1-9(11-13-14-12-9)6-3-7(10)5-8(4-6)15-2/h3-5H,10H2,1-2H3. The van der Waals surface area contributed by atoms with Gasteiger partial charge in [-0.05, 0) is 29.5 Å². The third-order valence-corrected chi connectivity index (χ3v) is 2.23. The summed E-state index contributed by atoms with van der Waals surface area (Å²) in [6, 6.07) is 5.34.